The fourth-order valence-electron chi connectivity index (χ4n) is 17.8. The molecule has 0 saturated heterocycles. The van der Waals surface area contributed by atoms with Crippen molar-refractivity contribution in [3.63, 3.8) is 0 Å². The second-order valence-electron chi connectivity index (χ2n) is 17.2. The summed E-state index contributed by atoms with van der Waals surface area (Å²) in [7, 11) is 0. The van der Waals surface area contributed by atoms with Gasteiger partial charge in [0.15, 0.2) is 0 Å². The van der Waals surface area contributed by atoms with Gasteiger partial charge in [-0.3, -0.25) is 0 Å². The van der Waals surface area contributed by atoms with E-state index in [0.29, 0.717) is 60.9 Å². The maximum absolute atomic E-state index is 10.6. The average Bonchev–Trinajstić information content (AvgIpc) is 3.79. The largest absolute Gasteiger partial charge is 0.396 e. The van der Waals surface area contributed by atoms with Crippen molar-refractivity contribution in [2.45, 2.75) is 64.2 Å². The first kappa shape index (κ1) is 23.4. The lowest BCUT2D eigenvalue weighted by atomic mass is 9.40. The van der Waals surface area contributed by atoms with Crippen LogP contribution in [0.1, 0.15) is 64.2 Å². The summed E-state index contributed by atoms with van der Waals surface area (Å²) >= 11 is 0. The first-order valence-electron chi connectivity index (χ1n) is 17.0. The molecule has 4 nitrogen and oxygen atoms in total. The zero-order valence-electron chi connectivity index (χ0n) is 23.1. The third kappa shape index (κ3) is 2.22. The van der Waals surface area contributed by atoms with Gasteiger partial charge in [-0.05, 0) is 182 Å². The lowest BCUT2D eigenvalue weighted by Crippen LogP contribution is -2.60. The average molecular weight is 523 g/mol. The molecule has 0 spiro atoms. The minimum absolute atomic E-state index is 0.384. The van der Waals surface area contributed by atoms with Crippen molar-refractivity contribution in [2.75, 3.05) is 26.4 Å². The number of hydrogen-bond donors (Lipinski definition) is 4. The van der Waals surface area contributed by atoms with E-state index in [1.165, 1.54) is 64.2 Å². The molecule has 10 aliphatic carbocycles. The number of rotatable bonds is 5. The van der Waals surface area contributed by atoms with Gasteiger partial charge >= 0.3 is 0 Å². The highest BCUT2D eigenvalue weighted by atomic mass is 16.3. The van der Waals surface area contributed by atoms with Gasteiger partial charge in [-0.15, -0.1) is 0 Å². The minimum Gasteiger partial charge on any atom is -0.396 e. The third-order valence-corrected chi connectivity index (χ3v) is 17.5. The Hall–Kier alpha value is -0.160. The van der Waals surface area contributed by atoms with Crippen LogP contribution in [0.15, 0.2) is 0 Å². The number of hydrogen-bond acceptors (Lipinski definition) is 4. The van der Waals surface area contributed by atoms with E-state index in [-0.39, 0.29) is 0 Å². The maximum atomic E-state index is 10.6. The molecule has 20 unspecified atom stereocenters. The predicted octanol–water partition coefficient (Wildman–Crippen LogP) is 4.06. The van der Waals surface area contributed by atoms with Gasteiger partial charge in [0.2, 0.25) is 0 Å². The molecule has 8 bridgehead atoms. The van der Waals surface area contributed by atoms with Crippen LogP contribution in [0.5, 0.6) is 0 Å². The summed E-state index contributed by atoms with van der Waals surface area (Å²) in [4.78, 5) is 0. The van der Waals surface area contributed by atoms with Crippen molar-refractivity contribution in [1.29, 1.82) is 0 Å². The van der Waals surface area contributed by atoms with Gasteiger partial charge in [0.05, 0.1) is 0 Å². The molecule has 10 rings (SSSR count). The molecule has 210 valence electrons. The fourth-order valence-corrected chi connectivity index (χ4v) is 17.8. The quantitative estimate of drug-likeness (QED) is 0.411. The fraction of sp³-hybridized carbons (Fsp3) is 1.00. The Bertz CT molecular complexity index is 1030. The standard InChI is InChI=1S/C34H50O4/c35-11-15-3-23-24-9-34(27(23)4-15,31-18-6-19(13-37)21(8-18)30(24)31)33-10-25(28-16(12-36)1-2-26(28)33)29-17-5-20(14-38)22(7-17)32(29)33/h15-32,35-38H,1-14H2. The molecule has 10 aliphatic rings. The zero-order valence-corrected chi connectivity index (χ0v) is 23.1. The van der Waals surface area contributed by atoms with Gasteiger partial charge < -0.3 is 20.4 Å². The molecule has 10 saturated carbocycles. The van der Waals surface area contributed by atoms with Crippen LogP contribution >= 0.6 is 0 Å². The molecule has 0 aromatic heterocycles. The minimum atomic E-state index is 0.384. The molecule has 0 aromatic rings. The van der Waals surface area contributed by atoms with E-state index < -0.39 is 0 Å². The Kier molecular flexibility index (Phi) is 4.57. The van der Waals surface area contributed by atoms with Crippen molar-refractivity contribution < 1.29 is 20.4 Å². The van der Waals surface area contributed by atoms with Crippen LogP contribution in [-0.4, -0.2) is 46.9 Å². The molecule has 0 aliphatic heterocycles. The van der Waals surface area contributed by atoms with E-state index >= 15 is 0 Å². The summed E-state index contributed by atoms with van der Waals surface area (Å²) < 4.78 is 0. The molecule has 4 heteroatoms. The Balaban J connectivity index is 1.18. The van der Waals surface area contributed by atoms with Gasteiger partial charge in [-0.1, -0.05) is 0 Å². The molecule has 0 amide bonds. The second kappa shape index (κ2) is 7.42. The van der Waals surface area contributed by atoms with E-state index in [4.69, 9.17) is 0 Å². The summed E-state index contributed by atoms with van der Waals surface area (Å²) in [6, 6.07) is 0. The van der Waals surface area contributed by atoms with Crippen molar-refractivity contribution in [3.05, 3.63) is 0 Å². The molecule has 10 fully saturated rings. The number of fused-ring (bicyclic) bond motifs is 25. The van der Waals surface area contributed by atoms with Crippen LogP contribution in [0, 0.1) is 117 Å². The van der Waals surface area contributed by atoms with Crippen LogP contribution in [0.2, 0.25) is 0 Å². The van der Waals surface area contributed by atoms with Gasteiger partial charge in [0.25, 0.3) is 0 Å². The van der Waals surface area contributed by atoms with Crippen LogP contribution in [0.25, 0.3) is 0 Å². The summed E-state index contributed by atoms with van der Waals surface area (Å²) in [6.07, 6.45) is 13.4. The Morgan fingerprint density at radius 1 is 0.474 bits per heavy atom. The van der Waals surface area contributed by atoms with Crippen LogP contribution in [0.4, 0.5) is 0 Å². The molecule has 0 aromatic carbocycles. The van der Waals surface area contributed by atoms with E-state index in [0.717, 1.165) is 82.9 Å². The van der Waals surface area contributed by atoms with Gasteiger partial charge in [0, 0.05) is 26.4 Å². The predicted molar refractivity (Wildman–Crippen MR) is 142 cm³/mol. The molecule has 20 atom stereocenters. The maximum Gasteiger partial charge on any atom is 0.0462 e. The first-order valence-corrected chi connectivity index (χ1v) is 17.0. The summed E-state index contributed by atoms with van der Waals surface area (Å²) in [5.74, 6) is 13.6. The lowest BCUT2D eigenvalue weighted by molar-refractivity contribution is -0.173. The summed E-state index contributed by atoms with van der Waals surface area (Å²) in [5, 5.41) is 41.9. The van der Waals surface area contributed by atoms with Crippen LogP contribution in [-0.2, 0) is 0 Å². The van der Waals surface area contributed by atoms with E-state index in [9.17, 15) is 20.4 Å². The van der Waals surface area contributed by atoms with Gasteiger partial charge in [0.1, 0.15) is 0 Å². The molecule has 4 N–H and O–H groups in total. The molecule has 38 heavy (non-hydrogen) atoms. The van der Waals surface area contributed by atoms with Crippen molar-refractivity contribution in [2.24, 2.45) is 117 Å². The van der Waals surface area contributed by atoms with Crippen molar-refractivity contribution in [1.82, 2.24) is 0 Å². The van der Waals surface area contributed by atoms with Crippen LogP contribution in [0.3, 0.4) is 0 Å². The highest BCUT2D eigenvalue weighted by Gasteiger charge is 2.87. The summed E-state index contributed by atoms with van der Waals surface area (Å²) in [6.45, 7) is 1.60. The SMILES string of the molecule is OCC1CC2C3CC(C45CC(C6C(CO)CCC64)C4C6CC(CO)C(C6)C45)(C2C1)C1C2CC(CO)C(C2)C31. The Labute approximate surface area is 228 Å². The summed E-state index contributed by atoms with van der Waals surface area (Å²) in [5.41, 5.74) is 0.882. The Morgan fingerprint density at radius 2 is 1.18 bits per heavy atom. The molecule has 0 radical (unpaired) electrons. The lowest BCUT2D eigenvalue weighted by Gasteiger charge is -2.64. The smallest absolute Gasteiger partial charge is 0.0462 e. The topological polar surface area (TPSA) is 80.9 Å². The van der Waals surface area contributed by atoms with E-state index in [1.54, 1.807) is 0 Å². The molecular formula is C34H50O4. The highest BCUT2D eigenvalue weighted by molar-refractivity contribution is 5.34. The number of aliphatic hydroxyl groups excluding tert-OH is 4. The van der Waals surface area contributed by atoms with Crippen molar-refractivity contribution in [3.8, 4) is 0 Å². The van der Waals surface area contributed by atoms with Gasteiger partial charge in [-0.25, -0.2) is 0 Å². The second-order valence-corrected chi connectivity index (χ2v) is 17.2. The highest BCUT2D eigenvalue weighted by Crippen LogP contribution is 2.92. The van der Waals surface area contributed by atoms with Gasteiger partial charge in [-0.2, -0.15) is 0 Å². The first-order chi connectivity index (χ1) is 18.6. The monoisotopic (exact) mass is 522 g/mol. The Morgan fingerprint density at radius 3 is 1.97 bits per heavy atom. The normalized spacial score (nSPS) is 69.2. The zero-order chi connectivity index (χ0) is 25.3. The molecular weight excluding hydrogens is 472 g/mol. The van der Waals surface area contributed by atoms with E-state index in [1.807, 2.05) is 0 Å². The number of aliphatic hydroxyl groups is 4. The van der Waals surface area contributed by atoms with Crippen LogP contribution < -0.4 is 0 Å². The van der Waals surface area contributed by atoms with E-state index in [2.05, 4.69) is 0 Å². The molecule has 0 heterocycles. The third-order valence-electron chi connectivity index (χ3n) is 17.5. The van der Waals surface area contributed by atoms with Crippen molar-refractivity contribution >= 4 is 0 Å².